The third-order valence-corrected chi connectivity index (χ3v) is 4.32. The molecule has 0 atom stereocenters. The number of aromatic nitrogens is 2. The normalized spacial score (nSPS) is 17.2. The van der Waals surface area contributed by atoms with Gasteiger partial charge in [-0.15, -0.1) is 0 Å². The number of hydrogen-bond acceptors (Lipinski definition) is 3. The number of hydrogen-bond donors (Lipinski definition) is 1. The maximum atomic E-state index is 4.75. The first-order chi connectivity index (χ1) is 7.60. The van der Waals surface area contributed by atoms with Gasteiger partial charge in [0.2, 0.25) is 0 Å². The molecular formula is C12H18IN3. The number of rotatable bonds is 4. The van der Waals surface area contributed by atoms with Crippen LogP contribution >= 0.6 is 22.6 Å². The van der Waals surface area contributed by atoms with Crippen molar-refractivity contribution in [2.24, 2.45) is 0 Å². The van der Waals surface area contributed by atoms with Gasteiger partial charge >= 0.3 is 0 Å². The van der Waals surface area contributed by atoms with Crippen molar-refractivity contribution in [2.45, 2.75) is 44.9 Å². The van der Waals surface area contributed by atoms with Gasteiger partial charge < -0.3 is 5.32 Å². The van der Waals surface area contributed by atoms with Gasteiger partial charge in [-0.25, -0.2) is 9.97 Å². The summed E-state index contributed by atoms with van der Waals surface area (Å²) < 4.78 is 1.18. The second-order valence-electron chi connectivity index (χ2n) is 4.72. The molecular weight excluding hydrogens is 313 g/mol. The van der Waals surface area contributed by atoms with Crippen LogP contribution in [0.1, 0.15) is 44.6 Å². The van der Waals surface area contributed by atoms with Crippen LogP contribution in [0, 0.1) is 3.57 Å². The Morgan fingerprint density at radius 3 is 2.56 bits per heavy atom. The Labute approximate surface area is 111 Å². The monoisotopic (exact) mass is 331 g/mol. The fourth-order valence-corrected chi connectivity index (χ4v) is 2.52. The molecule has 2 rings (SSSR count). The summed E-state index contributed by atoms with van der Waals surface area (Å²) >= 11 is 2.34. The molecule has 1 saturated carbocycles. The lowest BCUT2D eigenvalue weighted by molar-refractivity contribution is 0.692. The largest absolute Gasteiger partial charge is 0.372 e. The summed E-state index contributed by atoms with van der Waals surface area (Å²) in [6, 6.07) is 0. The van der Waals surface area contributed by atoms with Crippen LogP contribution < -0.4 is 5.32 Å². The molecule has 1 fully saturated rings. The molecule has 0 unspecified atom stereocenters. The SMILES string of the molecule is CCCc1nc(C2(C)CC2)nc(NC)c1I. The van der Waals surface area contributed by atoms with Crippen molar-refractivity contribution in [1.29, 1.82) is 0 Å². The average Bonchev–Trinajstić information content (AvgIpc) is 3.01. The van der Waals surface area contributed by atoms with Crippen LogP contribution in [0.2, 0.25) is 0 Å². The standard InChI is InChI=1S/C12H18IN3/c1-4-5-8-9(13)10(14-3)16-11(15-8)12(2)6-7-12/h4-7H2,1-3H3,(H,14,15,16). The predicted octanol–water partition coefficient (Wildman–Crippen LogP) is 3.13. The minimum atomic E-state index is 0.248. The second kappa shape index (κ2) is 4.47. The molecule has 0 aliphatic heterocycles. The van der Waals surface area contributed by atoms with Crippen LogP contribution in [0.15, 0.2) is 0 Å². The molecule has 0 amide bonds. The van der Waals surface area contributed by atoms with E-state index in [-0.39, 0.29) is 5.41 Å². The highest BCUT2D eigenvalue weighted by Gasteiger charge is 2.42. The van der Waals surface area contributed by atoms with E-state index >= 15 is 0 Å². The summed E-state index contributed by atoms with van der Waals surface area (Å²) in [7, 11) is 1.93. The first kappa shape index (κ1) is 12.1. The molecule has 1 aliphatic rings. The van der Waals surface area contributed by atoms with Gasteiger partial charge in [0, 0.05) is 12.5 Å². The molecule has 0 aromatic carbocycles. The lowest BCUT2D eigenvalue weighted by Gasteiger charge is -2.13. The highest BCUT2D eigenvalue weighted by atomic mass is 127. The molecule has 3 nitrogen and oxygen atoms in total. The van der Waals surface area contributed by atoms with E-state index in [2.05, 4.69) is 46.7 Å². The van der Waals surface area contributed by atoms with Crippen molar-refractivity contribution in [1.82, 2.24) is 9.97 Å². The number of halogens is 1. The van der Waals surface area contributed by atoms with E-state index in [0.29, 0.717) is 0 Å². The molecule has 1 aromatic heterocycles. The van der Waals surface area contributed by atoms with Crippen molar-refractivity contribution in [2.75, 3.05) is 12.4 Å². The Morgan fingerprint density at radius 2 is 2.06 bits per heavy atom. The van der Waals surface area contributed by atoms with Crippen LogP contribution in [-0.4, -0.2) is 17.0 Å². The Kier molecular flexibility index (Phi) is 3.37. The summed E-state index contributed by atoms with van der Waals surface area (Å²) in [5, 5.41) is 3.18. The molecule has 1 heterocycles. The van der Waals surface area contributed by atoms with Crippen molar-refractivity contribution in [3.05, 3.63) is 15.1 Å². The van der Waals surface area contributed by atoms with Crippen LogP contribution in [0.25, 0.3) is 0 Å². The minimum absolute atomic E-state index is 0.248. The number of nitrogens with one attached hydrogen (secondary N) is 1. The fourth-order valence-electron chi connectivity index (χ4n) is 1.74. The van der Waals surface area contributed by atoms with Gasteiger partial charge in [-0.05, 0) is 41.9 Å². The van der Waals surface area contributed by atoms with E-state index in [4.69, 9.17) is 4.98 Å². The van der Waals surface area contributed by atoms with Crippen LogP contribution in [0.5, 0.6) is 0 Å². The summed E-state index contributed by atoms with van der Waals surface area (Å²) in [6.45, 7) is 4.44. The Morgan fingerprint density at radius 1 is 1.38 bits per heavy atom. The van der Waals surface area contributed by atoms with Crippen molar-refractivity contribution >= 4 is 28.4 Å². The summed E-state index contributed by atoms with van der Waals surface area (Å²) in [4.78, 5) is 9.38. The topological polar surface area (TPSA) is 37.8 Å². The van der Waals surface area contributed by atoms with Gasteiger partial charge in [0.05, 0.1) is 9.26 Å². The molecule has 0 radical (unpaired) electrons. The van der Waals surface area contributed by atoms with Crippen molar-refractivity contribution in [3.8, 4) is 0 Å². The average molecular weight is 331 g/mol. The Bertz CT molecular complexity index is 399. The molecule has 1 aromatic rings. The summed E-state index contributed by atoms with van der Waals surface area (Å²) in [6.07, 6.45) is 4.62. The van der Waals surface area contributed by atoms with Crippen LogP contribution in [-0.2, 0) is 11.8 Å². The van der Waals surface area contributed by atoms with E-state index in [1.165, 1.54) is 22.1 Å². The van der Waals surface area contributed by atoms with Gasteiger partial charge in [-0.3, -0.25) is 0 Å². The maximum absolute atomic E-state index is 4.75. The maximum Gasteiger partial charge on any atom is 0.143 e. The van der Waals surface area contributed by atoms with Crippen LogP contribution in [0.4, 0.5) is 5.82 Å². The van der Waals surface area contributed by atoms with Gasteiger partial charge in [0.25, 0.3) is 0 Å². The molecule has 16 heavy (non-hydrogen) atoms. The fraction of sp³-hybridized carbons (Fsp3) is 0.667. The second-order valence-corrected chi connectivity index (χ2v) is 5.80. The first-order valence-corrected chi connectivity index (χ1v) is 6.93. The number of nitrogens with zero attached hydrogens (tertiary/aromatic N) is 2. The molecule has 0 bridgehead atoms. The molecule has 0 spiro atoms. The van der Waals surface area contributed by atoms with E-state index in [9.17, 15) is 0 Å². The minimum Gasteiger partial charge on any atom is -0.372 e. The van der Waals surface area contributed by atoms with Gasteiger partial charge in [-0.2, -0.15) is 0 Å². The molecule has 1 N–H and O–H groups in total. The predicted molar refractivity (Wildman–Crippen MR) is 74.9 cm³/mol. The lowest BCUT2D eigenvalue weighted by atomic mass is 10.1. The smallest absolute Gasteiger partial charge is 0.143 e. The van der Waals surface area contributed by atoms with E-state index < -0.39 is 0 Å². The molecule has 88 valence electrons. The highest BCUT2D eigenvalue weighted by molar-refractivity contribution is 14.1. The first-order valence-electron chi connectivity index (χ1n) is 5.85. The Hall–Kier alpha value is -0.390. The molecule has 4 heteroatoms. The van der Waals surface area contributed by atoms with Gasteiger partial charge in [-0.1, -0.05) is 20.3 Å². The quantitative estimate of drug-likeness (QED) is 0.862. The van der Waals surface area contributed by atoms with Gasteiger partial charge in [0.15, 0.2) is 0 Å². The van der Waals surface area contributed by atoms with E-state index in [1.807, 2.05) is 7.05 Å². The van der Waals surface area contributed by atoms with Crippen molar-refractivity contribution < 1.29 is 0 Å². The third-order valence-electron chi connectivity index (χ3n) is 3.18. The molecule has 0 saturated heterocycles. The van der Waals surface area contributed by atoms with Crippen molar-refractivity contribution in [3.63, 3.8) is 0 Å². The summed E-state index contributed by atoms with van der Waals surface area (Å²) in [5.74, 6) is 2.02. The van der Waals surface area contributed by atoms with Crippen LogP contribution in [0.3, 0.4) is 0 Å². The lowest BCUT2D eigenvalue weighted by Crippen LogP contribution is -2.13. The van der Waals surface area contributed by atoms with E-state index in [0.717, 1.165) is 24.5 Å². The highest BCUT2D eigenvalue weighted by Crippen LogP contribution is 2.46. The zero-order valence-corrected chi connectivity index (χ0v) is 12.3. The van der Waals surface area contributed by atoms with Gasteiger partial charge in [0.1, 0.15) is 11.6 Å². The zero-order chi connectivity index (χ0) is 11.8. The molecule has 1 aliphatic carbocycles. The number of aryl methyl sites for hydroxylation is 1. The Balaban J connectivity index is 2.44. The number of anilines is 1. The van der Waals surface area contributed by atoms with E-state index in [1.54, 1.807) is 0 Å². The zero-order valence-electron chi connectivity index (χ0n) is 10.1. The summed E-state index contributed by atoms with van der Waals surface area (Å²) in [5.41, 5.74) is 1.45. The third kappa shape index (κ3) is 2.17.